The Labute approximate surface area is 162 Å². The highest BCUT2D eigenvalue weighted by molar-refractivity contribution is 5.97. The molecule has 0 aliphatic rings. The number of hydrogen-bond acceptors (Lipinski definition) is 6. The molecule has 0 unspecified atom stereocenters. The van der Waals surface area contributed by atoms with Crippen LogP contribution in [-0.2, 0) is 11.3 Å². The van der Waals surface area contributed by atoms with E-state index in [1.54, 1.807) is 49.6 Å². The van der Waals surface area contributed by atoms with Crippen molar-refractivity contribution in [3.8, 4) is 0 Å². The Morgan fingerprint density at radius 3 is 2.61 bits per heavy atom. The largest absolute Gasteiger partial charge is 0.462 e. The second-order valence-corrected chi connectivity index (χ2v) is 5.86. The molecule has 0 atom stereocenters. The van der Waals surface area contributed by atoms with Gasteiger partial charge in [0.05, 0.1) is 17.9 Å². The fourth-order valence-electron chi connectivity index (χ4n) is 2.54. The molecular formula is C21H20N4O3. The molecule has 142 valence electrons. The van der Waals surface area contributed by atoms with Crippen molar-refractivity contribution < 1.29 is 14.3 Å². The van der Waals surface area contributed by atoms with Crippen molar-refractivity contribution in [1.29, 1.82) is 0 Å². The minimum absolute atomic E-state index is 0.271. The molecule has 1 amide bonds. The maximum Gasteiger partial charge on any atom is 0.340 e. The van der Waals surface area contributed by atoms with E-state index in [-0.39, 0.29) is 11.6 Å². The standard InChI is InChI=1S/C21H20N4O3/c1-2-28-21(27)17-5-3-4-6-18(17)25-16-9-12-23-19(13-16)20(26)24-14-15-7-10-22-11-8-15/h3-13H,2,14H2,1H3,(H,23,25)(H,24,26). The summed E-state index contributed by atoms with van der Waals surface area (Å²) in [6.45, 7) is 2.43. The lowest BCUT2D eigenvalue weighted by Crippen LogP contribution is -2.23. The Kier molecular flexibility index (Phi) is 6.30. The highest BCUT2D eigenvalue weighted by Gasteiger charge is 2.13. The number of benzene rings is 1. The number of pyridine rings is 2. The Hall–Kier alpha value is -3.74. The van der Waals surface area contributed by atoms with Crippen LogP contribution < -0.4 is 10.6 Å². The maximum absolute atomic E-state index is 12.4. The Balaban J connectivity index is 1.72. The van der Waals surface area contributed by atoms with Crippen molar-refractivity contribution in [1.82, 2.24) is 15.3 Å². The molecule has 3 aromatic rings. The lowest BCUT2D eigenvalue weighted by atomic mass is 10.1. The molecule has 0 spiro atoms. The predicted molar refractivity (Wildman–Crippen MR) is 105 cm³/mol. The van der Waals surface area contributed by atoms with Gasteiger partial charge in [-0.05, 0) is 48.9 Å². The maximum atomic E-state index is 12.4. The predicted octanol–water partition coefficient (Wildman–Crippen LogP) is 3.33. The molecule has 0 saturated heterocycles. The molecule has 2 N–H and O–H groups in total. The van der Waals surface area contributed by atoms with Crippen molar-refractivity contribution in [2.24, 2.45) is 0 Å². The second-order valence-electron chi connectivity index (χ2n) is 5.86. The molecule has 2 aromatic heterocycles. The van der Waals surface area contributed by atoms with E-state index in [0.717, 1.165) is 5.56 Å². The zero-order chi connectivity index (χ0) is 19.8. The Morgan fingerprint density at radius 1 is 1.04 bits per heavy atom. The first kappa shape index (κ1) is 19.0. The van der Waals surface area contributed by atoms with Crippen LogP contribution in [0.3, 0.4) is 0 Å². The summed E-state index contributed by atoms with van der Waals surface area (Å²) in [7, 11) is 0. The molecule has 0 radical (unpaired) electrons. The van der Waals surface area contributed by atoms with E-state index in [1.807, 2.05) is 18.2 Å². The number of aromatic nitrogens is 2. The number of nitrogens with one attached hydrogen (secondary N) is 2. The van der Waals surface area contributed by atoms with Crippen LogP contribution in [0.25, 0.3) is 0 Å². The normalized spacial score (nSPS) is 10.2. The first-order valence-corrected chi connectivity index (χ1v) is 8.83. The van der Waals surface area contributed by atoms with Crippen LogP contribution >= 0.6 is 0 Å². The van der Waals surface area contributed by atoms with Gasteiger partial charge in [0, 0.05) is 30.8 Å². The van der Waals surface area contributed by atoms with Crippen LogP contribution in [0, 0.1) is 0 Å². The van der Waals surface area contributed by atoms with Gasteiger partial charge in [0.1, 0.15) is 5.69 Å². The fraction of sp³-hybridized carbons (Fsp3) is 0.143. The number of amides is 1. The molecule has 3 rings (SSSR count). The fourth-order valence-corrected chi connectivity index (χ4v) is 2.54. The van der Waals surface area contributed by atoms with Crippen LogP contribution in [0.5, 0.6) is 0 Å². The summed E-state index contributed by atoms with van der Waals surface area (Å²) in [5.41, 5.74) is 2.87. The minimum atomic E-state index is -0.407. The number of ether oxygens (including phenoxy) is 1. The monoisotopic (exact) mass is 376 g/mol. The molecule has 0 aliphatic heterocycles. The smallest absolute Gasteiger partial charge is 0.340 e. The summed E-state index contributed by atoms with van der Waals surface area (Å²) in [4.78, 5) is 32.6. The number of rotatable bonds is 7. The Morgan fingerprint density at radius 2 is 1.82 bits per heavy atom. The third-order valence-electron chi connectivity index (χ3n) is 3.90. The molecule has 28 heavy (non-hydrogen) atoms. The van der Waals surface area contributed by atoms with Crippen LogP contribution in [0.4, 0.5) is 11.4 Å². The van der Waals surface area contributed by atoms with Gasteiger partial charge in [0.2, 0.25) is 0 Å². The first-order valence-electron chi connectivity index (χ1n) is 8.83. The third kappa shape index (κ3) is 4.91. The number of carbonyl (C=O) groups excluding carboxylic acids is 2. The Bertz CT molecular complexity index is 961. The molecule has 0 aliphatic carbocycles. The van der Waals surface area contributed by atoms with Crippen LogP contribution in [0.1, 0.15) is 33.3 Å². The molecule has 1 aromatic carbocycles. The van der Waals surface area contributed by atoms with Gasteiger partial charge in [-0.3, -0.25) is 14.8 Å². The molecule has 7 nitrogen and oxygen atoms in total. The summed E-state index contributed by atoms with van der Waals surface area (Å²) in [5.74, 6) is -0.700. The molecular weight excluding hydrogens is 356 g/mol. The highest BCUT2D eigenvalue weighted by atomic mass is 16.5. The van der Waals surface area contributed by atoms with Gasteiger partial charge in [-0.25, -0.2) is 4.79 Å². The van der Waals surface area contributed by atoms with Gasteiger partial charge in [0.25, 0.3) is 5.91 Å². The summed E-state index contributed by atoms with van der Waals surface area (Å²) in [5, 5.41) is 5.97. The first-order chi connectivity index (χ1) is 13.7. The molecule has 0 bridgehead atoms. The van der Waals surface area contributed by atoms with Gasteiger partial charge in [-0.1, -0.05) is 12.1 Å². The summed E-state index contributed by atoms with van der Waals surface area (Å²) in [6.07, 6.45) is 4.88. The lowest BCUT2D eigenvalue weighted by molar-refractivity contribution is 0.0527. The molecule has 0 saturated carbocycles. The van der Waals surface area contributed by atoms with Crippen molar-refractivity contribution in [3.63, 3.8) is 0 Å². The SMILES string of the molecule is CCOC(=O)c1ccccc1Nc1ccnc(C(=O)NCc2ccncc2)c1. The quantitative estimate of drug-likeness (QED) is 0.615. The van der Waals surface area contributed by atoms with Crippen molar-refractivity contribution >= 4 is 23.3 Å². The topological polar surface area (TPSA) is 93.2 Å². The number of anilines is 2. The van der Waals surface area contributed by atoms with Crippen molar-refractivity contribution in [3.05, 3.63) is 83.9 Å². The van der Waals surface area contributed by atoms with Crippen molar-refractivity contribution in [2.45, 2.75) is 13.5 Å². The van der Waals surface area contributed by atoms with Gasteiger partial charge < -0.3 is 15.4 Å². The molecule has 2 heterocycles. The average Bonchev–Trinajstić information content (AvgIpc) is 2.73. The average molecular weight is 376 g/mol. The zero-order valence-corrected chi connectivity index (χ0v) is 15.4. The lowest BCUT2D eigenvalue weighted by Gasteiger charge is -2.12. The highest BCUT2D eigenvalue weighted by Crippen LogP contribution is 2.22. The van der Waals surface area contributed by atoms with Gasteiger partial charge in [-0.15, -0.1) is 0 Å². The third-order valence-corrected chi connectivity index (χ3v) is 3.90. The number of carbonyl (C=O) groups is 2. The van der Waals surface area contributed by atoms with E-state index in [0.29, 0.717) is 30.1 Å². The van der Waals surface area contributed by atoms with E-state index in [2.05, 4.69) is 20.6 Å². The number of nitrogens with zero attached hydrogens (tertiary/aromatic N) is 2. The van der Waals surface area contributed by atoms with E-state index in [4.69, 9.17) is 4.74 Å². The number of para-hydroxylation sites is 1. The molecule has 7 heteroatoms. The van der Waals surface area contributed by atoms with Crippen LogP contribution in [0.15, 0.2) is 67.1 Å². The van der Waals surface area contributed by atoms with Crippen LogP contribution in [0.2, 0.25) is 0 Å². The van der Waals surface area contributed by atoms with Gasteiger partial charge in [0.15, 0.2) is 0 Å². The van der Waals surface area contributed by atoms with E-state index in [1.165, 1.54) is 6.20 Å². The van der Waals surface area contributed by atoms with Crippen LogP contribution in [-0.4, -0.2) is 28.5 Å². The second kappa shape index (κ2) is 9.27. The van der Waals surface area contributed by atoms with E-state index < -0.39 is 5.97 Å². The summed E-state index contributed by atoms with van der Waals surface area (Å²) in [6, 6.07) is 14.1. The zero-order valence-electron chi connectivity index (χ0n) is 15.4. The number of esters is 1. The number of hydrogen-bond donors (Lipinski definition) is 2. The van der Waals surface area contributed by atoms with Gasteiger partial charge >= 0.3 is 5.97 Å². The summed E-state index contributed by atoms with van der Waals surface area (Å²) >= 11 is 0. The minimum Gasteiger partial charge on any atom is -0.462 e. The van der Waals surface area contributed by atoms with Crippen molar-refractivity contribution in [2.75, 3.05) is 11.9 Å². The van der Waals surface area contributed by atoms with E-state index in [9.17, 15) is 9.59 Å². The van der Waals surface area contributed by atoms with Gasteiger partial charge in [-0.2, -0.15) is 0 Å². The molecule has 0 fully saturated rings. The summed E-state index contributed by atoms with van der Waals surface area (Å²) < 4.78 is 5.08. The van der Waals surface area contributed by atoms with E-state index >= 15 is 0 Å².